The van der Waals surface area contributed by atoms with Gasteiger partial charge in [-0.15, -0.1) is 11.8 Å². The van der Waals surface area contributed by atoms with Crippen LogP contribution in [0.4, 0.5) is 0 Å². The standard InChI is InChI=1S/C15H14O2S/c1-2-4-12(5-3-1)17-13-6-8-15(9-7-13)18-11-14-10-16-14/h1-9,14H,10-11H2. The molecule has 3 heteroatoms. The first-order valence-corrected chi connectivity index (χ1v) is 6.96. The second-order valence-electron chi connectivity index (χ2n) is 4.15. The lowest BCUT2D eigenvalue weighted by Gasteiger charge is -2.06. The molecule has 1 unspecified atom stereocenters. The maximum absolute atomic E-state index is 5.74. The maximum Gasteiger partial charge on any atom is 0.127 e. The Morgan fingerprint density at radius 1 is 1.00 bits per heavy atom. The Morgan fingerprint density at radius 2 is 1.67 bits per heavy atom. The van der Waals surface area contributed by atoms with Gasteiger partial charge >= 0.3 is 0 Å². The van der Waals surface area contributed by atoms with E-state index >= 15 is 0 Å². The summed E-state index contributed by atoms with van der Waals surface area (Å²) in [4.78, 5) is 1.26. The highest BCUT2D eigenvalue weighted by Crippen LogP contribution is 2.27. The minimum Gasteiger partial charge on any atom is -0.457 e. The van der Waals surface area contributed by atoms with E-state index in [1.807, 2.05) is 54.2 Å². The Bertz CT molecular complexity index is 492. The number of thioether (sulfide) groups is 1. The van der Waals surface area contributed by atoms with Crippen molar-refractivity contribution in [2.45, 2.75) is 11.0 Å². The molecule has 2 aromatic rings. The minimum absolute atomic E-state index is 0.468. The van der Waals surface area contributed by atoms with E-state index in [2.05, 4.69) is 12.1 Å². The van der Waals surface area contributed by atoms with E-state index in [9.17, 15) is 0 Å². The molecule has 92 valence electrons. The molecular formula is C15H14O2S. The predicted molar refractivity (Wildman–Crippen MR) is 73.4 cm³/mol. The predicted octanol–water partition coefficient (Wildman–Crippen LogP) is 3.97. The quantitative estimate of drug-likeness (QED) is 0.598. The van der Waals surface area contributed by atoms with Crippen molar-refractivity contribution in [3.63, 3.8) is 0 Å². The fourth-order valence-electron chi connectivity index (χ4n) is 1.58. The number of para-hydroxylation sites is 1. The molecule has 2 aromatic carbocycles. The van der Waals surface area contributed by atoms with Crippen LogP contribution in [0.5, 0.6) is 11.5 Å². The molecule has 18 heavy (non-hydrogen) atoms. The third-order valence-corrected chi connectivity index (χ3v) is 3.78. The lowest BCUT2D eigenvalue weighted by Crippen LogP contribution is -1.88. The molecule has 1 aliphatic heterocycles. The molecular weight excluding hydrogens is 244 g/mol. The number of rotatable bonds is 5. The van der Waals surface area contributed by atoms with Crippen molar-refractivity contribution in [2.24, 2.45) is 0 Å². The van der Waals surface area contributed by atoms with Crippen molar-refractivity contribution in [3.8, 4) is 11.5 Å². The van der Waals surface area contributed by atoms with E-state index < -0.39 is 0 Å². The van der Waals surface area contributed by atoms with Gasteiger partial charge in [0.2, 0.25) is 0 Å². The summed E-state index contributed by atoms with van der Waals surface area (Å²) in [5, 5.41) is 0. The first kappa shape index (κ1) is 11.6. The van der Waals surface area contributed by atoms with Gasteiger partial charge in [0.1, 0.15) is 11.5 Å². The molecule has 1 aliphatic rings. The van der Waals surface area contributed by atoms with E-state index in [1.165, 1.54) is 4.90 Å². The largest absolute Gasteiger partial charge is 0.457 e. The molecule has 0 amide bonds. The van der Waals surface area contributed by atoms with Crippen LogP contribution in [0, 0.1) is 0 Å². The summed E-state index contributed by atoms with van der Waals surface area (Å²) >= 11 is 1.83. The molecule has 0 N–H and O–H groups in total. The highest BCUT2D eigenvalue weighted by molar-refractivity contribution is 7.99. The van der Waals surface area contributed by atoms with Gasteiger partial charge in [-0.3, -0.25) is 0 Å². The molecule has 2 nitrogen and oxygen atoms in total. The van der Waals surface area contributed by atoms with Crippen LogP contribution in [0.25, 0.3) is 0 Å². The lowest BCUT2D eigenvalue weighted by atomic mass is 10.3. The summed E-state index contributed by atoms with van der Waals surface area (Å²) in [7, 11) is 0. The van der Waals surface area contributed by atoms with Crippen LogP contribution in [-0.2, 0) is 4.74 Å². The van der Waals surface area contributed by atoms with Gasteiger partial charge in [-0.2, -0.15) is 0 Å². The summed E-state index contributed by atoms with van der Waals surface area (Å²) in [5.74, 6) is 2.77. The van der Waals surface area contributed by atoms with Gasteiger partial charge in [-0.25, -0.2) is 0 Å². The highest BCUT2D eigenvalue weighted by atomic mass is 32.2. The molecule has 0 bridgehead atoms. The van der Waals surface area contributed by atoms with E-state index in [4.69, 9.17) is 9.47 Å². The average Bonchev–Trinajstić information content (AvgIpc) is 3.23. The SMILES string of the molecule is c1ccc(Oc2ccc(SCC3CO3)cc2)cc1. The fraction of sp³-hybridized carbons (Fsp3) is 0.200. The van der Waals surface area contributed by atoms with Crippen molar-refractivity contribution >= 4 is 11.8 Å². The summed E-state index contributed by atoms with van der Waals surface area (Å²) in [6.07, 6.45) is 0.468. The Hall–Kier alpha value is -1.45. The van der Waals surface area contributed by atoms with Crippen LogP contribution in [0.2, 0.25) is 0 Å². The van der Waals surface area contributed by atoms with Crippen LogP contribution >= 0.6 is 11.8 Å². The first-order valence-electron chi connectivity index (χ1n) is 5.97. The van der Waals surface area contributed by atoms with Crippen molar-refractivity contribution in [1.82, 2.24) is 0 Å². The second kappa shape index (κ2) is 5.46. The number of hydrogen-bond donors (Lipinski definition) is 0. The molecule has 3 rings (SSSR count). The van der Waals surface area contributed by atoms with Crippen LogP contribution < -0.4 is 4.74 Å². The zero-order chi connectivity index (χ0) is 12.2. The monoisotopic (exact) mass is 258 g/mol. The van der Waals surface area contributed by atoms with Crippen LogP contribution in [0.15, 0.2) is 59.5 Å². The van der Waals surface area contributed by atoms with E-state index in [-0.39, 0.29) is 0 Å². The van der Waals surface area contributed by atoms with Gasteiger partial charge in [0.05, 0.1) is 12.7 Å². The fourth-order valence-corrected chi connectivity index (χ4v) is 2.48. The number of ether oxygens (including phenoxy) is 2. The smallest absolute Gasteiger partial charge is 0.127 e. The Kier molecular flexibility index (Phi) is 3.53. The molecule has 1 fully saturated rings. The van der Waals surface area contributed by atoms with Gasteiger partial charge in [0, 0.05) is 10.6 Å². The highest BCUT2D eigenvalue weighted by Gasteiger charge is 2.21. The summed E-state index contributed by atoms with van der Waals surface area (Å²) in [6.45, 7) is 0.919. The van der Waals surface area contributed by atoms with Crippen molar-refractivity contribution in [2.75, 3.05) is 12.4 Å². The lowest BCUT2D eigenvalue weighted by molar-refractivity contribution is 0.426. The molecule has 0 spiro atoms. The van der Waals surface area contributed by atoms with Gasteiger partial charge in [-0.1, -0.05) is 18.2 Å². The maximum atomic E-state index is 5.74. The van der Waals surface area contributed by atoms with Crippen LogP contribution in [-0.4, -0.2) is 18.5 Å². The van der Waals surface area contributed by atoms with Gasteiger partial charge in [-0.05, 0) is 36.4 Å². The Morgan fingerprint density at radius 3 is 2.33 bits per heavy atom. The molecule has 0 aliphatic carbocycles. The Labute approximate surface area is 111 Å². The molecule has 0 saturated carbocycles. The van der Waals surface area contributed by atoms with E-state index in [1.54, 1.807) is 0 Å². The van der Waals surface area contributed by atoms with Crippen LogP contribution in [0.3, 0.4) is 0 Å². The van der Waals surface area contributed by atoms with Gasteiger partial charge < -0.3 is 9.47 Å². The second-order valence-corrected chi connectivity index (χ2v) is 5.25. The Balaban J connectivity index is 1.59. The average molecular weight is 258 g/mol. The molecule has 1 atom stereocenters. The number of hydrogen-bond acceptors (Lipinski definition) is 3. The normalized spacial score (nSPS) is 17.4. The summed E-state index contributed by atoms with van der Waals surface area (Å²) in [6, 6.07) is 18.0. The summed E-state index contributed by atoms with van der Waals surface area (Å²) < 4.78 is 10.9. The zero-order valence-electron chi connectivity index (χ0n) is 9.91. The third kappa shape index (κ3) is 3.28. The topological polar surface area (TPSA) is 21.8 Å². The zero-order valence-corrected chi connectivity index (χ0v) is 10.7. The minimum atomic E-state index is 0.468. The summed E-state index contributed by atoms with van der Waals surface area (Å²) in [5.41, 5.74) is 0. The van der Waals surface area contributed by atoms with Gasteiger partial charge in [0.25, 0.3) is 0 Å². The number of benzene rings is 2. The van der Waals surface area contributed by atoms with Gasteiger partial charge in [0.15, 0.2) is 0 Å². The molecule has 0 aromatic heterocycles. The molecule has 1 heterocycles. The first-order chi connectivity index (χ1) is 8.90. The van der Waals surface area contributed by atoms with Crippen molar-refractivity contribution in [3.05, 3.63) is 54.6 Å². The molecule has 0 radical (unpaired) electrons. The van der Waals surface area contributed by atoms with E-state index in [0.717, 1.165) is 23.9 Å². The molecule has 1 saturated heterocycles. The van der Waals surface area contributed by atoms with E-state index in [0.29, 0.717) is 6.10 Å². The van der Waals surface area contributed by atoms with Crippen molar-refractivity contribution in [1.29, 1.82) is 0 Å². The third-order valence-electron chi connectivity index (χ3n) is 2.64. The van der Waals surface area contributed by atoms with Crippen molar-refractivity contribution < 1.29 is 9.47 Å². The number of epoxide rings is 1. The van der Waals surface area contributed by atoms with Crippen LogP contribution in [0.1, 0.15) is 0 Å².